The Morgan fingerprint density at radius 3 is 2.48 bits per heavy atom. The molecule has 1 heterocycles. The van der Waals surface area contributed by atoms with Gasteiger partial charge in [-0.15, -0.1) is 0 Å². The van der Waals surface area contributed by atoms with Crippen molar-refractivity contribution in [1.29, 1.82) is 0 Å². The topological polar surface area (TPSA) is 81.7 Å². The van der Waals surface area contributed by atoms with Crippen molar-refractivity contribution in [1.82, 2.24) is 0 Å². The molecule has 2 aromatic rings. The van der Waals surface area contributed by atoms with Crippen molar-refractivity contribution in [2.45, 2.75) is 19.4 Å². The lowest BCUT2D eigenvalue weighted by Gasteiger charge is -2.39. The van der Waals surface area contributed by atoms with Gasteiger partial charge in [-0.25, -0.2) is 4.79 Å². The number of carbonyl (C=O) groups is 3. The van der Waals surface area contributed by atoms with Crippen molar-refractivity contribution in [2.75, 3.05) is 18.5 Å². The number of Topliss-reactive ketones (excluding diaryl/α,β-unsaturated/α-hetero) is 1. The average Bonchev–Trinajstić information content (AvgIpc) is 2.73. The van der Waals surface area contributed by atoms with Gasteiger partial charge in [0.2, 0.25) is 0 Å². The number of para-hydroxylation sites is 1. The molecule has 0 aromatic heterocycles. The molecule has 0 fully saturated rings. The minimum Gasteiger partial charge on any atom is -0.465 e. The average molecular weight is 462 g/mol. The third-order valence-electron chi connectivity index (χ3n) is 4.88. The summed E-state index contributed by atoms with van der Waals surface area (Å²) in [6, 6.07) is 11.5. The van der Waals surface area contributed by atoms with Gasteiger partial charge in [0.15, 0.2) is 17.2 Å². The molecule has 31 heavy (non-hydrogen) atoms. The van der Waals surface area contributed by atoms with E-state index in [9.17, 15) is 14.4 Å². The van der Waals surface area contributed by atoms with E-state index in [4.69, 9.17) is 32.7 Å². The lowest BCUT2D eigenvalue weighted by Crippen LogP contribution is -2.60. The fourth-order valence-corrected chi connectivity index (χ4v) is 3.94. The minimum absolute atomic E-state index is 0.0515. The Bertz CT molecular complexity index is 1050. The second-order valence-electron chi connectivity index (χ2n) is 6.81. The maximum absolute atomic E-state index is 13.4. The van der Waals surface area contributed by atoms with Gasteiger partial charge in [0.1, 0.15) is 0 Å². The summed E-state index contributed by atoms with van der Waals surface area (Å²) in [6.45, 7) is 3.38. The molecule has 2 aromatic carbocycles. The van der Waals surface area contributed by atoms with Gasteiger partial charge in [-0.3, -0.25) is 9.59 Å². The van der Waals surface area contributed by atoms with E-state index in [2.05, 4.69) is 5.32 Å². The number of carbonyl (C=O) groups excluding carboxylic acids is 3. The number of ketones is 1. The number of esters is 2. The molecule has 162 valence electrons. The van der Waals surface area contributed by atoms with E-state index in [1.807, 2.05) is 0 Å². The summed E-state index contributed by atoms with van der Waals surface area (Å²) in [5.41, 5.74) is -0.576. The molecule has 1 aliphatic heterocycles. The van der Waals surface area contributed by atoms with E-state index in [1.165, 1.54) is 6.08 Å². The standard InChI is InChI=1S/C23H21Cl2NO5/c1-3-30-21(28)19-20(27)16-7-5-6-8-18(16)26-23(19,22(29)31-4-2)12-11-14-9-10-15(24)13-17(14)25/h5-13,19,26H,3-4H2,1-2H3/b12-11+. The number of halogens is 2. The molecule has 3 rings (SSSR count). The van der Waals surface area contributed by atoms with Crippen LogP contribution in [0, 0.1) is 5.92 Å². The van der Waals surface area contributed by atoms with Gasteiger partial charge in [-0.2, -0.15) is 0 Å². The molecule has 0 radical (unpaired) electrons. The Morgan fingerprint density at radius 2 is 1.81 bits per heavy atom. The summed E-state index contributed by atoms with van der Waals surface area (Å²) in [5.74, 6) is -3.62. The smallest absolute Gasteiger partial charge is 0.337 e. The Kier molecular flexibility index (Phi) is 7.03. The molecule has 2 unspecified atom stereocenters. The van der Waals surface area contributed by atoms with E-state index in [-0.39, 0.29) is 13.2 Å². The quantitative estimate of drug-likeness (QED) is 0.491. The van der Waals surface area contributed by atoms with E-state index in [0.29, 0.717) is 26.9 Å². The molecular formula is C23H21Cl2NO5. The van der Waals surface area contributed by atoms with Gasteiger partial charge in [0.05, 0.1) is 13.2 Å². The Balaban J connectivity index is 2.20. The number of anilines is 1. The van der Waals surface area contributed by atoms with Gasteiger partial charge >= 0.3 is 11.9 Å². The third-order valence-corrected chi connectivity index (χ3v) is 5.44. The first-order chi connectivity index (χ1) is 14.8. The van der Waals surface area contributed by atoms with Crippen LogP contribution >= 0.6 is 23.2 Å². The highest BCUT2D eigenvalue weighted by Crippen LogP contribution is 2.38. The van der Waals surface area contributed by atoms with E-state index >= 15 is 0 Å². The number of fused-ring (bicyclic) bond motifs is 1. The minimum atomic E-state index is -1.82. The monoisotopic (exact) mass is 461 g/mol. The fourth-order valence-electron chi connectivity index (χ4n) is 3.47. The van der Waals surface area contributed by atoms with Crippen molar-refractivity contribution < 1.29 is 23.9 Å². The molecule has 0 amide bonds. The lowest BCUT2D eigenvalue weighted by atomic mass is 9.74. The van der Waals surface area contributed by atoms with Gasteiger partial charge in [-0.1, -0.05) is 47.5 Å². The SMILES string of the molecule is CCOC(=O)C1C(=O)c2ccccc2NC1(/C=C/c1ccc(Cl)cc1Cl)C(=O)OCC. The largest absolute Gasteiger partial charge is 0.465 e. The highest BCUT2D eigenvalue weighted by Gasteiger charge is 2.56. The van der Waals surface area contributed by atoms with E-state index < -0.39 is 29.2 Å². The highest BCUT2D eigenvalue weighted by atomic mass is 35.5. The highest BCUT2D eigenvalue weighted by molar-refractivity contribution is 6.35. The zero-order chi connectivity index (χ0) is 22.6. The molecule has 0 saturated heterocycles. The van der Waals surface area contributed by atoms with Crippen LogP contribution in [0.2, 0.25) is 10.0 Å². The van der Waals surface area contributed by atoms with Gasteiger partial charge in [0.25, 0.3) is 0 Å². The van der Waals surface area contributed by atoms with Crippen LogP contribution in [0.25, 0.3) is 6.08 Å². The molecule has 0 saturated carbocycles. The first-order valence-corrected chi connectivity index (χ1v) is 10.5. The van der Waals surface area contributed by atoms with E-state index in [1.54, 1.807) is 62.4 Å². The van der Waals surface area contributed by atoms with Gasteiger partial charge in [0, 0.05) is 21.3 Å². The summed E-state index contributed by atoms with van der Waals surface area (Å²) < 4.78 is 10.4. The van der Waals surface area contributed by atoms with Crippen LogP contribution in [0.3, 0.4) is 0 Å². The van der Waals surface area contributed by atoms with Gasteiger partial charge in [-0.05, 0) is 49.8 Å². The molecule has 0 bridgehead atoms. The predicted octanol–water partition coefficient (Wildman–Crippen LogP) is 4.80. The number of rotatable bonds is 6. The van der Waals surface area contributed by atoms with Crippen LogP contribution in [0.4, 0.5) is 5.69 Å². The molecule has 0 spiro atoms. The molecule has 0 aliphatic carbocycles. The first kappa shape index (κ1) is 22.8. The summed E-state index contributed by atoms with van der Waals surface area (Å²) in [4.78, 5) is 39.5. The fraction of sp³-hybridized carbons (Fsp3) is 0.261. The van der Waals surface area contributed by atoms with Crippen LogP contribution in [0.5, 0.6) is 0 Å². The third kappa shape index (κ3) is 4.45. The van der Waals surface area contributed by atoms with Crippen molar-refractivity contribution in [3.05, 3.63) is 69.7 Å². The van der Waals surface area contributed by atoms with Crippen molar-refractivity contribution in [3.8, 4) is 0 Å². The number of ether oxygens (including phenoxy) is 2. The van der Waals surface area contributed by atoms with Gasteiger partial charge < -0.3 is 14.8 Å². The summed E-state index contributed by atoms with van der Waals surface area (Å²) in [6.07, 6.45) is 2.98. The summed E-state index contributed by atoms with van der Waals surface area (Å²) >= 11 is 12.2. The zero-order valence-corrected chi connectivity index (χ0v) is 18.5. The van der Waals surface area contributed by atoms with Crippen molar-refractivity contribution >= 4 is 52.7 Å². The molecule has 1 N–H and O–H groups in total. The molecule has 2 atom stereocenters. The van der Waals surface area contributed by atoms with Crippen molar-refractivity contribution in [3.63, 3.8) is 0 Å². The Labute approximate surface area is 190 Å². The molecular weight excluding hydrogens is 441 g/mol. The lowest BCUT2D eigenvalue weighted by molar-refractivity contribution is -0.157. The number of nitrogens with one attached hydrogen (secondary N) is 1. The van der Waals surface area contributed by atoms with Crippen LogP contribution in [0.1, 0.15) is 29.8 Å². The Hall–Kier alpha value is -2.83. The van der Waals surface area contributed by atoms with Crippen LogP contribution in [-0.2, 0) is 19.1 Å². The predicted molar refractivity (Wildman–Crippen MR) is 119 cm³/mol. The number of hydrogen-bond donors (Lipinski definition) is 1. The molecule has 6 nitrogen and oxygen atoms in total. The van der Waals surface area contributed by atoms with E-state index in [0.717, 1.165) is 0 Å². The number of benzene rings is 2. The first-order valence-electron chi connectivity index (χ1n) is 9.73. The van der Waals surface area contributed by atoms with Crippen molar-refractivity contribution in [2.24, 2.45) is 5.92 Å². The second-order valence-corrected chi connectivity index (χ2v) is 7.65. The molecule has 8 heteroatoms. The normalized spacial score (nSPS) is 20.1. The van der Waals surface area contributed by atoms with Crippen LogP contribution < -0.4 is 5.32 Å². The Morgan fingerprint density at radius 1 is 1.10 bits per heavy atom. The maximum Gasteiger partial charge on any atom is 0.337 e. The van der Waals surface area contributed by atoms with Crippen LogP contribution in [0.15, 0.2) is 48.5 Å². The second kappa shape index (κ2) is 9.54. The summed E-state index contributed by atoms with van der Waals surface area (Å²) in [5, 5.41) is 3.86. The summed E-state index contributed by atoms with van der Waals surface area (Å²) in [7, 11) is 0. The zero-order valence-electron chi connectivity index (χ0n) is 17.0. The maximum atomic E-state index is 13.4. The van der Waals surface area contributed by atoms with Crippen LogP contribution in [-0.4, -0.2) is 36.5 Å². The molecule has 1 aliphatic rings. The number of hydrogen-bond acceptors (Lipinski definition) is 6.